The number of nitrogens with zero attached hydrogens (tertiary/aromatic N) is 2. The number of benzene rings is 1. The van der Waals surface area contributed by atoms with Crippen LogP contribution < -0.4 is 0 Å². The summed E-state index contributed by atoms with van der Waals surface area (Å²) >= 11 is 6.26. The predicted molar refractivity (Wildman–Crippen MR) is 124 cm³/mol. The average molecular weight is 421 g/mol. The van der Waals surface area contributed by atoms with Crippen LogP contribution in [0.25, 0.3) is 0 Å². The van der Waals surface area contributed by atoms with Crippen molar-refractivity contribution in [1.29, 1.82) is 0 Å². The van der Waals surface area contributed by atoms with Crippen LogP contribution in [-0.2, 0) is 10.3 Å². The SMILES string of the molecule is CCCCN(CCCC)C1(c2ccc(Cl)cc2)CCC(N2CCOCC2)C(C)C1. The van der Waals surface area contributed by atoms with E-state index < -0.39 is 0 Å². The zero-order valence-electron chi connectivity index (χ0n) is 18.8. The summed E-state index contributed by atoms with van der Waals surface area (Å²) in [6, 6.07) is 9.48. The summed E-state index contributed by atoms with van der Waals surface area (Å²) in [5.74, 6) is 0.684. The number of morpholine rings is 1. The van der Waals surface area contributed by atoms with E-state index >= 15 is 0 Å². The fourth-order valence-corrected chi connectivity index (χ4v) is 5.75. The quantitative estimate of drug-likeness (QED) is 0.490. The second-order valence-corrected chi connectivity index (χ2v) is 9.60. The maximum absolute atomic E-state index is 6.26. The van der Waals surface area contributed by atoms with Crippen molar-refractivity contribution < 1.29 is 4.74 Å². The molecule has 0 spiro atoms. The van der Waals surface area contributed by atoms with Crippen molar-refractivity contribution >= 4 is 11.6 Å². The van der Waals surface area contributed by atoms with Crippen molar-refractivity contribution in [3.63, 3.8) is 0 Å². The molecule has 0 amide bonds. The zero-order chi connectivity index (χ0) is 20.7. The van der Waals surface area contributed by atoms with Gasteiger partial charge in [-0.05, 0) is 68.8 Å². The molecule has 0 radical (unpaired) electrons. The van der Waals surface area contributed by atoms with E-state index in [4.69, 9.17) is 16.3 Å². The number of unbranched alkanes of at least 4 members (excludes halogenated alkanes) is 2. The molecule has 29 heavy (non-hydrogen) atoms. The fourth-order valence-electron chi connectivity index (χ4n) is 5.62. The molecule has 1 aromatic rings. The van der Waals surface area contributed by atoms with Gasteiger partial charge in [0.15, 0.2) is 0 Å². The van der Waals surface area contributed by atoms with Crippen LogP contribution in [0.4, 0.5) is 0 Å². The molecule has 2 fully saturated rings. The van der Waals surface area contributed by atoms with Crippen LogP contribution in [0, 0.1) is 5.92 Å². The number of ether oxygens (including phenoxy) is 1. The lowest BCUT2D eigenvalue weighted by Gasteiger charge is -2.53. The molecule has 1 heterocycles. The summed E-state index contributed by atoms with van der Waals surface area (Å²) in [6.07, 6.45) is 8.83. The highest BCUT2D eigenvalue weighted by atomic mass is 35.5. The van der Waals surface area contributed by atoms with Gasteiger partial charge in [0.1, 0.15) is 0 Å². The molecule has 4 heteroatoms. The van der Waals surface area contributed by atoms with Gasteiger partial charge in [0.05, 0.1) is 13.2 Å². The molecule has 3 atom stereocenters. The van der Waals surface area contributed by atoms with Crippen molar-refractivity contribution in [3.05, 3.63) is 34.9 Å². The molecular weight excluding hydrogens is 380 g/mol. The van der Waals surface area contributed by atoms with Crippen molar-refractivity contribution in [1.82, 2.24) is 9.80 Å². The Balaban J connectivity index is 1.87. The normalized spacial score (nSPS) is 28.7. The van der Waals surface area contributed by atoms with Crippen LogP contribution >= 0.6 is 11.6 Å². The molecule has 1 saturated heterocycles. The Morgan fingerprint density at radius 1 is 1.07 bits per heavy atom. The second-order valence-electron chi connectivity index (χ2n) is 9.17. The Hall–Kier alpha value is -0.610. The van der Waals surface area contributed by atoms with Gasteiger partial charge in [0.25, 0.3) is 0 Å². The summed E-state index contributed by atoms with van der Waals surface area (Å²) in [6.45, 7) is 13.5. The van der Waals surface area contributed by atoms with E-state index in [1.165, 1.54) is 63.6 Å². The lowest BCUT2D eigenvalue weighted by molar-refractivity contribution is -0.0440. The molecule has 0 aromatic heterocycles. The maximum Gasteiger partial charge on any atom is 0.0594 e. The Morgan fingerprint density at radius 3 is 2.24 bits per heavy atom. The van der Waals surface area contributed by atoms with E-state index in [9.17, 15) is 0 Å². The topological polar surface area (TPSA) is 15.7 Å². The van der Waals surface area contributed by atoms with Gasteiger partial charge >= 0.3 is 0 Å². The smallest absolute Gasteiger partial charge is 0.0594 e. The minimum absolute atomic E-state index is 0.150. The van der Waals surface area contributed by atoms with Crippen LogP contribution in [-0.4, -0.2) is 55.2 Å². The van der Waals surface area contributed by atoms with E-state index in [0.29, 0.717) is 12.0 Å². The summed E-state index contributed by atoms with van der Waals surface area (Å²) in [5, 5.41) is 0.840. The number of hydrogen-bond acceptors (Lipinski definition) is 3. The highest BCUT2D eigenvalue weighted by molar-refractivity contribution is 6.30. The van der Waals surface area contributed by atoms with Crippen molar-refractivity contribution in [2.75, 3.05) is 39.4 Å². The third-order valence-electron chi connectivity index (χ3n) is 7.23. The van der Waals surface area contributed by atoms with Gasteiger partial charge in [0.2, 0.25) is 0 Å². The van der Waals surface area contributed by atoms with Crippen LogP contribution in [0.15, 0.2) is 24.3 Å². The minimum atomic E-state index is 0.150. The van der Waals surface area contributed by atoms with Gasteiger partial charge in [-0.3, -0.25) is 9.80 Å². The maximum atomic E-state index is 6.26. The van der Waals surface area contributed by atoms with Crippen molar-refractivity contribution in [2.24, 2.45) is 5.92 Å². The molecule has 3 rings (SSSR count). The third-order valence-corrected chi connectivity index (χ3v) is 7.49. The molecule has 0 N–H and O–H groups in total. The van der Waals surface area contributed by atoms with E-state index in [1.54, 1.807) is 0 Å². The van der Waals surface area contributed by atoms with E-state index in [-0.39, 0.29) is 5.54 Å². The van der Waals surface area contributed by atoms with E-state index in [2.05, 4.69) is 54.8 Å². The van der Waals surface area contributed by atoms with E-state index in [1.807, 2.05) is 0 Å². The van der Waals surface area contributed by atoms with Gasteiger partial charge in [-0.1, -0.05) is 57.3 Å². The van der Waals surface area contributed by atoms with Gasteiger partial charge < -0.3 is 4.74 Å². The Labute approximate surface area is 183 Å². The third kappa shape index (κ3) is 5.55. The first kappa shape index (κ1) is 23.1. The molecule has 1 aliphatic carbocycles. The summed E-state index contributed by atoms with van der Waals surface area (Å²) in [5.41, 5.74) is 1.62. The summed E-state index contributed by atoms with van der Waals surface area (Å²) < 4.78 is 5.61. The molecule has 1 aromatic carbocycles. The lowest BCUT2D eigenvalue weighted by Crippen LogP contribution is -2.56. The molecule has 3 unspecified atom stereocenters. The van der Waals surface area contributed by atoms with Gasteiger partial charge in [-0.25, -0.2) is 0 Å². The number of hydrogen-bond donors (Lipinski definition) is 0. The monoisotopic (exact) mass is 420 g/mol. The average Bonchev–Trinajstić information content (AvgIpc) is 2.75. The first-order chi connectivity index (χ1) is 14.1. The van der Waals surface area contributed by atoms with Crippen LogP contribution in [0.3, 0.4) is 0 Å². The number of halogens is 1. The Kier molecular flexibility index (Phi) is 8.85. The van der Waals surface area contributed by atoms with Crippen molar-refractivity contribution in [2.45, 2.75) is 77.3 Å². The first-order valence-electron chi connectivity index (χ1n) is 11.9. The molecule has 0 bridgehead atoms. The van der Waals surface area contributed by atoms with Crippen LogP contribution in [0.2, 0.25) is 5.02 Å². The first-order valence-corrected chi connectivity index (χ1v) is 12.3. The summed E-state index contributed by atoms with van der Waals surface area (Å²) in [7, 11) is 0. The Bertz CT molecular complexity index is 593. The molecule has 1 aliphatic heterocycles. The summed E-state index contributed by atoms with van der Waals surface area (Å²) in [4.78, 5) is 5.54. The highest BCUT2D eigenvalue weighted by Crippen LogP contribution is 2.46. The fraction of sp³-hybridized carbons (Fsp3) is 0.760. The van der Waals surface area contributed by atoms with Crippen molar-refractivity contribution in [3.8, 4) is 0 Å². The Morgan fingerprint density at radius 2 is 1.69 bits per heavy atom. The van der Waals surface area contributed by atoms with Gasteiger partial charge in [-0.15, -0.1) is 0 Å². The lowest BCUT2D eigenvalue weighted by atomic mass is 9.68. The molecule has 3 nitrogen and oxygen atoms in total. The molecule has 164 valence electrons. The highest BCUT2D eigenvalue weighted by Gasteiger charge is 2.45. The molecule has 1 saturated carbocycles. The largest absolute Gasteiger partial charge is 0.379 e. The van der Waals surface area contributed by atoms with Crippen LogP contribution in [0.5, 0.6) is 0 Å². The second kappa shape index (κ2) is 11.1. The number of rotatable bonds is 9. The van der Waals surface area contributed by atoms with Gasteiger partial charge in [0, 0.05) is 29.7 Å². The van der Waals surface area contributed by atoms with Gasteiger partial charge in [-0.2, -0.15) is 0 Å². The molecule has 2 aliphatic rings. The molecular formula is C25H41ClN2O. The minimum Gasteiger partial charge on any atom is -0.379 e. The predicted octanol–water partition coefficient (Wildman–Crippen LogP) is 5.96. The van der Waals surface area contributed by atoms with E-state index in [0.717, 1.165) is 31.3 Å². The zero-order valence-corrected chi connectivity index (χ0v) is 19.6. The standard InChI is InChI=1S/C25H41ClN2O/c1-4-6-14-28(15-7-5-2)25(22-8-10-23(26)11-9-22)13-12-24(21(3)20-25)27-16-18-29-19-17-27/h8-11,21,24H,4-7,12-20H2,1-3H3. The van der Waals surface area contributed by atoms with Crippen LogP contribution in [0.1, 0.15) is 71.3 Å².